The molecule has 0 aromatic heterocycles. The van der Waals surface area contributed by atoms with E-state index in [1.54, 1.807) is 0 Å². The normalized spacial score (nSPS) is 17.4. The van der Waals surface area contributed by atoms with Crippen LogP contribution in [0, 0.1) is 0 Å². The van der Waals surface area contributed by atoms with Gasteiger partial charge >= 0.3 is 18.0 Å². The van der Waals surface area contributed by atoms with Crippen molar-refractivity contribution in [2.75, 3.05) is 56.7 Å². The Hall–Kier alpha value is -3.11. The molecule has 2 aliphatic rings. The number of benzene rings is 2. The summed E-state index contributed by atoms with van der Waals surface area (Å²) in [6.07, 6.45) is -2.49. The molecule has 1 unspecified atom stereocenters. The van der Waals surface area contributed by atoms with Crippen LogP contribution in [0.25, 0.3) is 0 Å². The van der Waals surface area contributed by atoms with E-state index in [1.165, 1.54) is 23.4 Å². The second-order valence-electron chi connectivity index (χ2n) is 8.82. The Balaban J connectivity index is 1.45. The van der Waals surface area contributed by atoms with Gasteiger partial charge in [0.15, 0.2) is 0 Å². The number of anilines is 2. The number of fused-ring (bicyclic) bond motifs is 1. The van der Waals surface area contributed by atoms with Crippen LogP contribution in [-0.4, -0.2) is 63.2 Å². The first kappa shape index (κ1) is 25.0. The third-order valence-electron chi connectivity index (χ3n) is 6.44. The molecule has 0 bridgehead atoms. The summed E-state index contributed by atoms with van der Waals surface area (Å²) in [6.45, 7) is 3.73. The maximum absolute atomic E-state index is 12.9. The van der Waals surface area contributed by atoms with Crippen molar-refractivity contribution in [3.8, 4) is 0 Å². The third-order valence-corrected chi connectivity index (χ3v) is 6.44. The van der Waals surface area contributed by atoms with Gasteiger partial charge in [0.2, 0.25) is 0 Å². The number of carbonyl (C=O) groups excluding carboxylic acids is 2. The summed E-state index contributed by atoms with van der Waals surface area (Å²) in [5, 5.41) is 4.92. The molecule has 2 aromatic carbocycles. The zero-order valence-corrected chi connectivity index (χ0v) is 19.5. The second kappa shape index (κ2) is 10.7. The molecule has 0 radical (unpaired) electrons. The summed E-state index contributed by atoms with van der Waals surface area (Å²) in [5.41, 5.74) is 2.50. The van der Waals surface area contributed by atoms with Gasteiger partial charge in [-0.15, -0.1) is 0 Å². The van der Waals surface area contributed by atoms with Crippen molar-refractivity contribution < 1.29 is 27.5 Å². The first-order valence-electron chi connectivity index (χ1n) is 11.6. The molecule has 10 heteroatoms. The lowest BCUT2D eigenvalue weighted by Gasteiger charge is -2.36. The van der Waals surface area contributed by atoms with Crippen LogP contribution in [0.4, 0.5) is 24.5 Å². The summed E-state index contributed by atoms with van der Waals surface area (Å²) in [6, 6.07) is 10.3. The van der Waals surface area contributed by atoms with Crippen molar-refractivity contribution in [1.82, 2.24) is 10.2 Å². The third kappa shape index (κ3) is 6.12. The number of carbonyl (C=O) groups is 2. The standard InChI is InChI=1S/C25H29F3N4O3/c1-31-9-3-4-17-14-18(7-8-21(17)31)22(32-10-12-35-13-11-32)16-29-23(33)24(34)30-20-6-2-5-19(15-20)25(26,27)28/h2,5-8,14-15,22H,3-4,9-13,16H2,1H3,(H,29,33)(H,30,34). The number of amides is 2. The minimum absolute atomic E-state index is 0.0940. The van der Waals surface area contributed by atoms with Gasteiger partial charge in [-0.1, -0.05) is 18.2 Å². The predicted octanol–water partition coefficient (Wildman–Crippen LogP) is 3.22. The largest absolute Gasteiger partial charge is 0.416 e. The Morgan fingerprint density at radius 2 is 1.83 bits per heavy atom. The number of aryl methyl sites for hydroxylation is 1. The van der Waals surface area contributed by atoms with Gasteiger partial charge in [-0.25, -0.2) is 0 Å². The van der Waals surface area contributed by atoms with Gasteiger partial charge in [0.25, 0.3) is 0 Å². The van der Waals surface area contributed by atoms with Crippen LogP contribution >= 0.6 is 0 Å². The van der Waals surface area contributed by atoms with Crippen LogP contribution in [0.5, 0.6) is 0 Å². The molecular formula is C25H29F3N4O3. The maximum atomic E-state index is 12.9. The number of hydrogen-bond donors (Lipinski definition) is 2. The Morgan fingerprint density at radius 3 is 2.57 bits per heavy atom. The summed E-state index contributed by atoms with van der Waals surface area (Å²) >= 11 is 0. The number of morpholine rings is 1. The van der Waals surface area contributed by atoms with Gasteiger partial charge in [-0.05, 0) is 48.2 Å². The molecule has 2 amide bonds. The first-order chi connectivity index (χ1) is 16.7. The average molecular weight is 491 g/mol. The quantitative estimate of drug-likeness (QED) is 0.630. The molecule has 1 atom stereocenters. The lowest BCUT2D eigenvalue weighted by atomic mass is 9.95. The van der Waals surface area contributed by atoms with E-state index in [4.69, 9.17) is 4.74 Å². The first-order valence-corrected chi connectivity index (χ1v) is 11.6. The molecule has 0 aliphatic carbocycles. The highest BCUT2D eigenvalue weighted by molar-refractivity contribution is 6.39. The van der Waals surface area contributed by atoms with Crippen molar-refractivity contribution in [3.63, 3.8) is 0 Å². The molecule has 188 valence electrons. The van der Waals surface area contributed by atoms with Crippen LogP contribution in [-0.2, 0) is 26.9 Å². The van der Waals surface area contributed by atoms with Gasteiger partial charge in [0.05, 0.1) is 24.8 Å². The number of ether oxygens (including phenoxy) is 1. The number of rotatable bonds is 5. The molecular weight excluding hydrogens is 461 g/mol. The molecule has 2 aromatic rings. The number of halogens is 3. The van der Waals surface area contributed by atoms with Crippen LogP contribution in [0.15, 0.2) is 42.5 Å². The molecule has 2 N–H and O–H groups in total. The van der Waals surface area contributed by atoms with E-state index >= 15 is 0 Å². The molecule has 2 heterocycles. The van der Waals surface area contributed by atoms with E-state index in [1.807, 2.05) is 0 Å². The molecule has 2 aliphatic heterocycles. The van der Waals surface area contributed by atoms with E-state index in [0.29, 0.717) is 26.3 Å². The van der Waals surface area contributed by atoms with E-state index in [2.05, 4.69) is 45.7 Å². The molecule has 4 rings (SSSR count). The van der Waals surface area contributed by atoms with Crippen molar-refractivity contribution in [1.29, 1.82) is 0 Å². The molecule has 1 fully saturated rings. The molecule has 0 spiro atoms. The van der Waals surface area contributed by atoms with Gasteiger partial charge in [-0.2, -0.15) is 13.2 Å². The van der Waals surface area contributed by atoms with Gasteiger partial charge < -0.3 is 20.3 Å². The lowest BCUT2D eigenvalue weighted by Crippen LogP contribution is -2.45. The Morgan fingerprint density at radius 1 is 1.06 bits per heavy atom. The molecule has 0 saturated carbocycles. The summed E-state index contributed by atoms with van der Waals surface area (Å²) < 4.78 is 44.3. The van der Waals surface area contributed by atoms with Crippen LogP contribution in [0.1, 0.15) is 29.2 Å². The van der Waals surface area contributed by atoms with E-state index in [9.17, 15) is 22.8 Å². The van der Waals surface area contributed by atoms with Crippen LogP contribution in [0.2, 0.25) is 0 Å². The zero-order valence-electron chi connectivity index (χ0n) is 19.5. The fourth-order valence-corrected chi connectivity index (χ4v) is 4.59. The Kier molecular flexibility index (Phi) is 7.61. The molecule has 7 nitrogen and oxygen atoms in total. The van der Waals surface area contributed by atoms with E-state index in [0.717, 1.165) is 37.1 Å². The fraction of sp³-hybridized carbons (Fsp3) is 0.440. The predicted molar refractivity (Wildman–Crippen MR) is 126 cm³/mol. The second-order valence-corrected chi connectivity index (χ2v) is 8.82. The fourth-order valence-electron chi connectivity index (χ4n) is 4.59. The average Bonchev–Trinajstić information content (AvgIpc) is 2.84. The summed E-state index contributed by atoms with van der Waals surface area (Å²) in [5.74, 6) is -1.92. The summed E-state index contributed by atoms with van der Waals surface area (Å²) in [7, 11) is 2.07. The summed E-state index contributed by atoms with van der Waals surface area (Å²) in [4.78, 5) is 29.4. The number of nitrogens with one attached hydrogen (secondary N) is 2. The molecule has 35 heavy (non-hydrogen) atoms. The molecule has 1 saturated heterocycles. The minimum atomic E-state index is -4.54. The SMILES string of the molecule is CN1CCCc2cc(C(CNC(=O)C(=O)Nc3cccc(C(F)(F)F)c3)N3CCOCC3)ccc21. The number of hydrogen-bond acceptors (Lipinski definition) is 5. The van der Waals surface area contributed by atoms with Crippen molar-refractivity contribution in [3.05, 3.63) is 59.2 Å². The highest BCUT2D eigenvalue weighted by Gasteiger charge is 2.31. The monoisotopic (exact) mass is 490 g/mol. The lowest BCUT2D eigenvalue weighted by molar-refractivity contribution is -0.137. The zero-order chi connectivity index (χ0) is 25.0. The van der Waals surface area contributed by atoms with Crippen molar-refractivity contribution in [2.45, 2.75) is 25.1 Å². The van der Waals surface area contributed by atoms with Crippen LogP contribution in [0.3, 0.4) is 0 Å². The minimum Gasteiger partial charge on any atom is -0.379 e. The van der Waals surface area contributed by atoms with Crippen molar-refractivity contribution >= 4 is 23.2 Å². The Bertz CT molecular complexity index is 1070. The number of nitrogens with zero attached hydrogens (tertiary/aromatic N) is 2. The topological polar surface area (TPSA) is 73.9 Å². The smallest absolute Gasteiger partial charge is 0.379 e. The van der Waals surface area contributed by atoms with Gasteiger partial charge in [0.1, 0.15) is 0 Å². The van der Waals surface area contributed by atoms with Crippen molar-refractivity contribution in [2.24, 2.45) is 0 Å². The maximum Gasteiger partial charge on any atom is 0.416 e. The van der Waals surface area contributed by atoms with Crippen LogP contribution < -0.4 is 15.5 Å². The van der Waals surface area contributed by atoms with E-state index < -0.39 is 23.6 Å². The highest BCUT2D eigenvalue weighted by atomic mass is 19.4. The number of alkyl halides is 3. The van der Waals surface area contributed by atoms with Gasteiger partial charge in [-0.3, -0.25) is 14.5 Å². The van der Waals surface area contributed by atoms with E-state index in [-0.39, 0.29) is 18.3 Å². The van der Waals surface area contributed by atoms with Gasteiger partial charge in [0, 0.05) is 44.6 Å². The Labute approximate surface area is 202 Å². The highest BCUT2D eigenvalue weighted by Crippen LogP contribution is 2.32.